The number of hydrogen-bond donors (Lipinski definition) is 0. The summed E-state index contributed by atoms with van der Waals surface area (Å²) in [6.45, 7) is 1.92. The van der Waals surface area contributed by atoms with E-state index in [-0.39, 0.29) is 11.6 Å². The fourth-order valence-electron chi connectivity index (χ4n) is 3.16. The fraction of sp³-hybridized carbons (Fsp3) is 0.0400. The van der Waals surface area contributed by atoms with Crippen molar-refractivity contribution in [2.75, 3.05) is 0 Å². The SMILES string of the molecule is Cc1ccccc1C(=O)/C=C/c1cn(-c2ccccc2)nc1-c1ccc(F)cc1. The topological polar surface area (TPSA) is 34.9 Å². The molecular weight excluding hydrogens is 363 g/mol. The van der Waals surface area contributed by atoms with E-state index in [1.54, 1.807) is 29.0 Å². The molecule has 1 heterocycles. The fourth-order valence-corrected chi connectivity index (χ4v) is 3.16. The first-order valence-electron chi connectivity index (χ1n) is 9.31. The Balaban J connectivity index is 1.75. The van der Waals surface area contributed by atoms with Crippen LogP contribution in [0.2, 0.25) is 0 Å². The Hall–Kier alpha value is -3.79. The maximum Gasteiger partial charge on any atom is 0.186 e. The Kier molecular flexibility index (Phi) is 5.16. The molecule has 0 bridgehead atoms. The molecule has 1 aromatic heterocycles. The zero-order valence-corrected chi connectivity index (χ0v) is 15.9. The number of aromatic nitrogens is 2. The van der Waals surface area contributed by atoms with Gasteiger partial charge >= 0.3 is 0 Å². The molecule has 0 aliphatic rings. The van der Waals surface area contributed by atoms with Gasteiger partial charge in [0.05, 0.1) is 11.4 Å². The number of carbonyl (C=O) groups is 1. The summed E-state index contributed by atoms with van der Waals surface area (Å²) < 4.78 is 15.1. The van der Waals surface area contributed by atoms with E-state index in [0.29, 0.717) is 11.3 Å². The Morgan fingerprint density at radius 3 is 2.34 bits per heavy atom. The van der Waals surface area contributed by atoms with Gasteiger partial charge in [-0.25, -0.2) is 9.07 Å². The number of rotatable bonds is 5. The van der Waals surface area contributed by atoms with Crippen molar-refractivity contribution in [2.24, 2.45) is 0 Å². The number of benzene rings is 3. The van der Waals surface area contributed by atoms with Gasteiger partial charge in [0, 0.05) is 22.9 Å². The first-order chi connectivity index (χ1) is 14.1. The van der Waals surface area contributed by atoms with Gasteiger partial charge in [-0.05, 0) is 61.0 Å². The van der Waals surface area contributed by atoms with Crippen LogP contribution in [-0.2, 0) is 0 Å². The summed E-state index contributed by atoms with van der Waals surface area (Å²) >= 11 is 0. The van der Waals surface area contributed by atoms with Crippen molar-refractivity contribution in [2.45, 2.75) is 6.92 Å². The van der Waals surface area contributed by atoms with Crippen molar-refractivity contribution < 1.29 is 9.18 Å². The lowest BCUT2D eigenvalue weighted by Gasteiger charge is -2.01. The van der Waals surface area contributed by atoms with E-state index in [9.17, 15) is 9.18 Å². The summed E-state index contributed by atoms with van der Waals surface area (Å²) in [7, 11) is 0. The van der Waals surface area contributed by atoms with Crippen LogP contribution >= 0.6 is 0 Å². The minimum absolute atomic E-state index is 0.0689. The molecule has 3 aromatic carbocycles. The highest BCUT2D eigenvalue weighted by Crippen LogP contribution is 2.25. The molecule has 0 radical (unpaired) electrons. The molecular formula is C25H19FN2O. The number of ketones is 1. The normalized spacial score (nSPS) is 11.1. The highest BCUT2D eigenvalue weighted by atomic mass is 19.1. The molecule has 0 saturated carbocycles. The van der Waals surface area contributed by atoms with Gasteiger partial charge in [-0.15, -0.1) is 0 Å². The third kappa shape index (κ3) is 4.06. The number of hydrogen-bond acceptors (Lipinski definition) is 2. The largest absolute Gasteiger partial charge is 0.289 e. The molecule has 4 heteroatoms. The molecule has 4 aromatic rings. The number of para-hydroxylation sites is 1. The van der Waals surface area contributed by atoms with Crippen LogP contribution in [0.15, 0.2) is 91.1 Å². The van der Waals surface area contributed by atoms with Gasteiger partial charge in [0.2, 0.25) is 0 Å². The average molecular weight is 382 g/mol. The van der Waals surface area contributed by atoms with Gasteiger partial charge in [-0.3, -0.25) is 4.79 Å². The molecule has 0 amide bonds. The summed E-state index contributed by atoms with van der Waals surface area (Å²) in [4.78, 5) is 12.6. The predicted octanol–water partition coefficient (Wildman–Crippen LogP) is 5.88. The predicted molar refractivity (Wildman–Crippen MR) is 114 cm³/mol. The molecule has 0 unspecified atom stereocenters. The van der Waals surface area contributed by atoms with Crippen molar-refractivity contribution in [1.29, 1.82) is 0 Å². The lowest BCUT2D eigenvalue weighted by atomic mass is 10.0. The second kappa shape index (κ2) is 8.07. The molecule has 29 heavy (non-hydrogen) atoms. The van der Waals surface area contributed by atoms with Crippen molar-refractivity contribution in [1.82, 2.24) is 9.78 Å². The number of aryl methyl sites for hydroxylation is 1. The van der Waals surface area contributed by atoms with Gasteiger partial charge in [-0.1, -0.05) is 42.5 Å². The average Bonchev–Trinajstić information content (AvgIpc) is 3.18. The summed E-state index contributed by atoms with van der Waals surface area (Å²) in [6, 6.07) is 23.4. The van der Waals surface area contributed by atoms with Crippen LogP contribution in [0.4, 0.5) is 4.39 Å². The summed E-state index contributed by atoms with van der Waals surface area (Å²) in [5.41, 5.74) is 4.75. The molecule has 0 aliphatic carbocycles. The monoisotopic (exact) mass is 382 g/mol. The second-order valence-electron chi connectivity index (χ2n) is 6.73. The van der Waals surface area contributed by atoms with Crippen LogP contribution in [0, 0.1) is 12.7 Å². The van der Waals surface area contributed by atoms with Crippen molar-refractivity contribution in [3.63, 3.8) is 0 Å². The Labute approximate surface area is 168 Å². The van der Waals surface area contributed by atoms with E-state index >= 15 is 0 Å². The first kappa shape index (κ1) is 18.6. The zero-order valence-electron chi connectivity index (χ0n) is 15.9. The van der Waals surface area contributed by atoms with E-state index in [0.717, 1.165) is 22.4 Å². The maximum atomic E-state index is 13.4. The van der Waals surface area contributed by atoms with Gasteiger partial charge in [-0.2, -0.15) is 5.10 Å². The summed E-state index contributed by atoms with van der Waals surface area (Å²) in [6.07, 6.45) is 5.19. The Morgan fingerprint density at radius 1 is 0.931 bits per heavy atom. The highest BCUT2D eigenvalue weighted by molar-refractivity contribution is 6.08. The molecule has 3 nitrogen and oxygen atoms in total. The first-order valence-corrected chi connectivity index (χ1v) is 9.31. The van der Waals surface area contributed by atoms with Crippen molar-refractivity contribution >= 4 is 11.9 Å². The maximum absolute atomic E-state index is 13.4. The van der Waals surface area contributed by atoms with Crippen LogP contribution in [0.25, 0.3) is 23.0 Å². The Bertz CT molecular complexity index is 1180. The van der Waals surface area contributed by atoms with E-state index in [4.69, 9.17) is 0 Å². The number of halogens is 1. The van der Waals surface area contributed by atoms with Crippen molar-refractivity contribution in [3.8, 4) is 16.9 Å². The van der Waals surface area contributed by atoms with Gasteiger partial charge in [0.25, 0.3) is 0 Å². The van der Waals surface area contributed by atoms with E-state index in [1.807, 2.05) is 67.7 Å². The summed E-state index contributed by atoms with van der Waals surface area (Å²) in [5.74, 6) is -0.372. The van der Waals surface area contributed by atoms with Crippen LogP contribution in [0.1, 0.15) is 21.5 Å². The Morgan fingerprint density at radius 2 is 1.62 bits per heavy atom. The second-order valence-corrected chi connectivity index (χ2v) is 6.73. The molecule has 4 rings (SSSR count). The molecule has 0 aliphatic heterocycles. The highest BCUT2D eigenvalue weighted by Gasteiger charge is 2.12. The molecule has 0 spiro atoms. The standard InChI is InChI=1S/C25H19FN2O/c1-18-7-5-6-10-23(18)24(29)16-13-20-17-28(22-8-3-2-4-9-22)27-25(20)19-11-14-21(26)15-12-19/h2-17H,1H3/b16-13+. The van der Waals surface area contributed by atoms with Gasteiger partial charge in [0.1, 0.15) is 5.82 Å². The van der Waals surface area contributed by atoms with E-state index in [1.165, 1.54) is 12.1 Å². The minimum atomic E-state index is -0.303. The molecule has 0 N–H and O–H groups in total. The molecule has 0 atom stereocenters. The van der Waals surface area contributed by atoms with Gasteiger partial charge in [0.15, 0.2) is 5.78 Å². The number of allylic oxidation sites excluding steroid dienone is 1. The summed E-state index contributed by atoms with van der Waals surface area (Å²) in [5, 5.41) is 4.68. The van der Waals surface area contributed by atoms with Gasteiger partial charge < -0.3 is 0 Å². The molecule has 0 fully saturated rings. The number of nitrogens with zero attached hydrogens (tertiary/aromatic N) is 2. The molecule has 142 valence electrons. The van der Waals surface area contributed by atoms with Crippen LogP contribution < -0.4 is 0 Å². The van der Waals surface area contributed by atoms with E-state index < -0.39 is 0 Å². The van der Waals surface area contributed by atoms with Crippen LogP contribution in [-0.4, -0.2) is 15.6 Å². The lowest BCUT2D eigenvalue weighted by Crippen LogP contribution is -1.96. The van der Waals surface area contributed by atoms with Crippen LogP contribution in [0.3, 0.4) is 0 Å². The van der Waals surface area contributed by atoms with Crippen molar-refractivity contribution in [3.05, 3.63) is 114 Å². The molecule has 0 saturated heterocycles. The van der Waals surface area contributed by atoms with Crippen LogP contribution in [0.5, 0.6) is 0 Å². The minimum Gasteiger partial charge on any atom is -0.289 e. The lowest BCUT2D eigenvalue weighted by molar-refractivity contribution is 0.104. The quantitative estimate of drug-likeness (QED) is 0.319. The zero-order chi connectivity index (χ0) is 20.2. The third-order valence-corrected chi connectivity index (χ3v) is 4.71. The third-order valence-electron chi connectivity index (χ3n) is 4.71. The number of carbonyl (C=O) groups excluding carboxylic acids is 1. The van der Waals surface area contributed by atoms with E-state index in [2.05, 4.69) is 5.10 Å². The smallest absolute Gasteiger partial charge is 0.186 e.